The van der Waals surface area contributed by atoms with Crippen LogP contribution in [0.2, 0.25) is 0 Å². The lowest BCUT2D eigenvalue weighted by atomic mass is 9.84. The summed E-state index contributed by atoms with van der Waals surface area (Å²) in [7, 11) is 1.67. The zero-order valence-electron chi connectivity index (χ0n) is 12.6. The first-order valence-electron chi connectivity index (χ1n) is 7.62. The van der Waals surface area contributed by atoms with E-state index in [2.05, 4.69) is 17.2 Å². The lowest BCUT2D eigenvalue weighted by molar-refractivity contribution is 0.275. The second kappa shape index (κ2) is 6.31. The molecule has 1 saturated heterocycles. The van der Waals surface area contributed by atoms with Crippen LogP contribution in [-0.4, -0.2) is 25.2 Å². The van der Waals surface area contributed by atoms with Crippen LogP contribution in [0.1, 0.15) is 31.6 Å². The molecule has 0 saturated carbocycles. The van der Waals surface area contributed by atoms with E-state index in [1.807, 2.05) is 30.5 Å². The van der Waals surface area contributed by atoms with Crippen molar-refractivity contribution in [2.75, 3.05) is 20.2 Å². The number of piperidine rings is 1. The number of oxazole rings is 1. The van der Waals surface area contributed by atoms with Crippen molar-refractivity contribution in [3.05, 3.63) is 36.4 Å². The maximum atomic E-state index is 6.02. The maximum Gasteiger partial charge on any atom is 0.199 e. The summed E-state index contributed by atoms with van der Waals surface area (Å²) < 4.78 is 11.2. The van der Waals surface area contributed by atoms with Gasteiger partial charge in [-0.05, 0) is 43.1 Å². The van der Waals surface area contributed by atoms with Gasteiger partial charge in [0.1, 0.15) is 5.75 Å². The highest BCUT2D eigenvalue weighted by Crippen LogP contribution is 2.33. The molecule has 2 atom stereocenters. The highest BCUT2D eigenvalue weighted by Gasteiger charge is 2.28. The highest BCUT2D eigenvalue weighted by molar-refractivity contribution is 5.57. The second-order valence-corrected chi connectivity index (χ2v) is 5.56. The third kappa shape index (κ3) is 2.95. The summed E-state index contributed by atoms with van der Waals surface area (Å²) in [5.74, 6) is 3.58. The Labute approximate surface area is 125 Å². The molecule has 1 aliphatic rings. The topological polar surface area (TPSA) is 47.3 Å². The van der Waals surface area contributed by atoms with Crippen molar-refractivity contribution in [2.45, 2.75) is 25.7 Å². The van der Waals surface area contributed by atoms with E-state index < -0.39 is 0 Å². The molecule has 4 heteroatoms. The first-order chi connectivity index (χ1) is 10.3. The Morgan fingerprint density at radius 1 is 1.33 bits per heavy atom. The number of hydrogen-bond acceptors (Lipinski definition) is 4. The number of ether oxygens (including phenoxy) is 1. The number of rotatable bonds is 4. The molecule has 1 aromatic carbocycles. The maximum absolute atomic E-state index is 6.02. The summed E-state index contributed by atoms with van der Waals surface area (Å²) in [6.07, 6.45) is 4.20. The zero-order valence-corrected chi connectivity index (χ0v) is 12.6. The molecule has 1 N–H and O–H groups in total. The number of methoxy groups -OCH3 is 1. The van der Waals surface area contributed by atoms with Gasteiger partial charge in [-0.25, -0.2) is 4.98 Å². The molecule has 112 valence electrons. The van der Waals surface area contributed by atoms with Crippen LogP contribution in [-0.2, 0) is 0 Å². The molecule has 0 amide bonds. The van der Waals surface area contributed by atoms with Gasteiger partial charge in [0.2, 0.25) is 0 Å². The Kier molecular flexibility index (Phi) is 4.25. The number of aromatic nitrogens is 1. The van der Waals surface area contributed by atoms with E-state index in [1.54, 1.807) is 7.11 Å². The van der Waals surface area contributed by atoms with Crippen LogP contribution < -0.4 is 10.1 Å². The molecule has 2 unspecified atom stereocenters. The summed E-state index contributed by atoms with van der Waals surface area (Å²) in [5.41, 5.74) is 1.03. The SMILES string of the molecule is CCC1CCNCC1c1ncc(-c2ccc(OC)cc2)o1. The van der Waals surface area contributed by atoms with Crippen LogP contribution in [0.4, 0.5) is 0 Å². The summed E-state index contributed by atoms with van der Waals surface area (Å²) in [4.78, 5) is 4.52. The van der Waals surface area contributed by atoms with Crippen molar-refractivity contribution in [3.63, 3.8) is 0 Å². The third-order valence-electron chi connectivity index (χ3n) is 4.36. The second-order valence-electron chi connectivity index (χ2n) is 5.56. The lowest BCUT2D eigenvalue weighted by Gasteiger charge is -2.29. The first kappa shape index (κ1) is 14.1. The molecule has 21 heavy (non-hydrogen) atoms. The molecule has 1 fully saturated rings. The summed E-state index contributed by atoms with van der Waals surface area (Å²) >= 11 is 0. The number of hydrogen-bond donors (Lipinski definition) is 1. The van der Waals surface area contributed by atoms with Gasteiger partial charge in [-0.3, -0.25) is 0 Å². The van der Waals surface area contributed by atoms with Crippen LogP contribution >= 0.6 is 0 Å². The number of benzene rings is 1. The Morgan fingerprint density at radius 2 is 2.14 bits per heavy atom. The van der Waals surface area contributed by atoms with Crippen LogP contribution in [0.3, 0.4) is 0 Å². The summed E-state index contributed by atoms with van der Waals surface area (Å²) in [6.45, 7) is 4.30. The molecule has 0 spiro atoms. The summed E-state index contributed by atoms with van der Waals surface area (Å²) in [6, 6.07) is 7.88. The minimum absolute atomic E-state index is 0.385. The third-order valence-corrected chi connectivity index (χ3v) is 4.36. The fraction of sp³-hybridized carbons (Fsp3) is 0.471. The molecule has 2 aromatic rings. The van der Waals surface area contributed by atoms with Crippen LogP contribution in [0.5, 0.6) is 5.75 Å². The fourth-order valence-electron chi connectivity index (χ4n) is 3.04. The standard InChI is InChI=1S/C17H22N2O2/c1-3-12-8-9-18-10-15(12)17-19-11-16(21-17)13-4-6-14(20-2)7-5-13/h4-7,11-12,15,18H,3,8-10H2,1-2H3. The van der Waals surface area contributed by atoms with E-state index in [9.17, 15) is 0 Å². The lowest BCUT2D eigenvalue weighted by Crippen LogP contribution is -2.35. The van der Waals surface area contributed by atoms with Gasteiger partial charge in [0.05, 0.1) is 19.2 Å². The monoisotopic (exact) mass is 286 g/mol. The molecule has 3 rings (SSSR count). The van der Waals surface area contributed by atoms with Crippen molar-refractivity contribution < 1.29 is 9.15 Å². The van der Waals surface area contributed by atoms with Gasteiger partial charge in [0.25, 0.3) is 0 Å². The predicted molar refractivity (Wildman–Crippen MR) is 82.5 cm³/mol. The Morgan fingerprint density at radius 3 is 2.86 bits per heavy atom. The smallest absolute Gasteiger partial charge is 0.199 e. The quantitative estimate of drug-likeness (QED) is 0.935. The normalized spacial score (nSPS) is 22.2. The summed E-state index contributed by atoms with van der Waals surface area (Å²) in [5, 5.41) is 3.45. The largest absolute Gasteiger partial charge is 0.497 e. The zero-order chi connectivity index (χ0) is 14.7. The number of nitrogens with zero attached hydrogens (tertiary/aromatic N) is 1. The Hall–Kier alpha value is -1.81. The molecule has 1 aliphatic heterocycles. The Bertz CT molecular complexity index is 577. The van der Waals surface area contributed by atoms with Gasteiger partial charge in [0, 0.05) is 12.1 Å². The molecule has 0 radical (unpaired) electrons. The van der Waals surface area contributed by atoms with Gasteiger partial charge in [0.15, 0.2) is 11.7 Å². The van der Waals surface area contributed by atoms with Crippen LogP contribution in [0.25, 0.3) is 11.3 Å². The van der Waals surface area contributed by atoms with Crippen molar-refractivity contribution in [3.8, 4) is 17.1 Å². The van der Waals surface area contributed by atoms with Gasteiger partial charge in [-0.2, -0.15) is 0 Å². The van der Waals surface area contributed by atoms with Crippen molar-refractivity contribution in [1.29, 1.82) is 0 Å². The highest BCUT2D eigenvalue weighted by atomic mass is 16.5. The minimum atomic E-state index is 0.385. The molecule has 0 bridgehead atoms. The van der Waals surface area contributed by atoms with Crippen LogP contribution in [0, 0.1) is 5.92 Å². The van der Waals surface area contributed by atoms with Crippen LogP contribution in [0.15, 0.2) is 34.9 Å². The van der Waals surface area contributed by atoms with Gasteiger partial charge >= 0.3 is 0 Å². The molecular formula is C17H22N2O2. The minimum Gasteiger partial charge on any atom is -0.497 e. The molecule has 0 aliphatic carbocycles. The average Bonchev–Trinajstić information content (AvgIpc) is 3.04. The van der Waals surface area contributed by atoms with Crippen molar-refractivity contribution >= 4 is 0 Å². The first-order valence-corrected chi connectivity index (χ1v) is 7.62. The molecule has 4 nitrogen and oxygen atoms in total. The predicted octanol–water partition coefficient (Wildman–Crippen LogP) is 3.45. The van der Waals surface area contributed by atoms with E-state index in [1.165, 1.54) is 12.8 Å². The fourth-order valence-corrected chi connectivity index (χ4v) is 3.04. The molecule has 2 heterocycles. The molecule has 1 aromatic heterocycles. The van der Waals surface area contributed by atoms with E-state index in [4.69, 9.17) is 9.15 Å². The van der Waals surface area contributed by atoms with E-state index in [-0.39, 0.29) is 0 Å². The van der Waals surface area contributed by atoms with E-state index >= 15 is 0 Å². The molecular weight excluding hydrogens is 264 g/mol. The van der Waals surface area contributed by atoms with E-state index in [0.717, 1.165) is 36.1 Å². The van der Waals surface area contributed by atoms with Gasteiger partial charge in [-0.1, -0.05) is 13.3 Å². The van der Waals surface area contributed by atoms with Gasteiger partial charge in [-0.15, -0.1) is 0 Å². The van der Waals surface area contributed by atoms with Crippen molar-refractivity contribution in [1.82, 2.24) is 10.3 Å². The van der Waals surface area contributed by atoms with Gasteiger partial charge < -0.3 is 14.5 Å². The number of nitrogens with one attached hydrogen (secondary N) is 1. The average molecular weight is 286 g/mol. The van der Waals surface area contributed by atoms with E-state index in [0.29, 0.717) is 11.8 Å². The van der Waals surface area contributed by atoms with Crippen molar-refractivity contribution in [2.24, 2.45) is 5.92 Å². The Balaban J connectivity index is 1.81.